The van der Waals surface area contributed by atoms with E-state index in [0.29, 0.717) is 5.75 Å². The third kappa shape index (κ3) is 3.22. The number of hydrogen-bond donors (Lipinski definition) is 2. The number of nitrogens with one attached hydrogen (secondary N) is 2. The summed E-state index contributed by atoms with van der Waals surface area (Å²) in [4.78, 5) is 23.5. The molecule has 0 aliphatic rings. The maximum absolute atomic E-state index is 12.0. The summed E-state index contributed by atoms with van der Waals surface area (Å²) < 4.78 is 0. The minimum Gasteiger partial charge on any atom is -0.333 e. The molecule has 0 saturated heterocycles. The number of thioether (sulfide) groups is 1. The van der Waals surface area contributed by atoms with Crippen molar-refractivity contribution in [1.29, 1.82) is 0 Å². The van der Waals surface area contributed by atoms with Crippen molar-refractivity contribution < 1.29 is 4.79 Å². The van der Waals surface area contributed by atoms with Crippen LogP contribution in [0.3, 0.4) is 0 Å². The molecule has 2 N–H and O–H groups in total. The fourth-order valence-electron chi connectivity index (χ4n) is 1.94. The number of pyridine rings is 1. The van der Waals surface area contributed by atoms with Crippen LogP contribution in [-0.2, 0) is 4.79 Å². The molecule has 3 rings (SSSR count). The molecule has 0 atom stereocenters. The Morgan fingerprint density at radius 1 is 1.33 bits per heavy atom. The average molecular weight is 298 g/mol. The van der Waals surface area contributed by atoms with Crippen LogP contribution in [0.4, 0.5) is 5.69 Å². The molecule has 0 spiro atoms. The largest absolute Gasteiger partial charge is 0.333 e. The third-order valence-corrected chi connectivity index (χ3v) is 3.90. The molecule has 0 saturated carbocycles. The molecule has 1 aromatic carbocycles. The molecular weight excluding hydrogens is 284 g/mol. The zero-order chi connectivity index (χ0) is 14.7. The van der Waals surface area contributed by atoms with Crippen LogP contribution >= 0.6 is 11.8 Å². The first kappa shape index (κ1) is 13.6. The Morgan fingerprint density at radius 2 is 2.19 bits per heavy atom. The highest BCUT2D eigenvalue weighted by Gasteiger charge is 2.08. The fraction of sp³-hybridized carbons (Fsp3) is 0.133. The van der Waals surface area contributed by atoms with Crippen LogP contribution in [0.5, 0.6) is 0 Å². The van der Waals surface area contributed by atoms with Gasteiger partial charge in [0.1, 0.15) is 5.52 Å². The smallest absolute Gasteiger partial charge is 0.234 e. The number of para-hydroxylation sites is 1. The van der Waals surface area contributed by atoms with Gasteiger partial charge in [-0.2, -0.15) is 0 Å². The number of nitrogens with zero attached hydrogens (tertiary/aromatic N) is 2. The van der Waals surface area contributed by atoms with E-state index in [0.717, 1.165) is 27.4 Å². The summed E-state index contributed by atoms with van der Waals surface area (Å²) in [5.41, 5.74) is 3.62. The van der Waals surface area contributed by atoms with Crippen molar-refractivity contribution >= 4 is 34.4 Å². The minimum atomic E-state index is -0.0483. The van der Waals surface area contributed by atoms with Crippen LogP contribution in [0.2, 0.25) is 0 Å². The van der Waals surface area contributed by atoms with Gasteiger partial charge in [-0.1, -0.05) is 30.0 Å². The molecule has 2 aromatic heterocycles. The SMILES string of the molecule is Cc1ccccc1NC(=O)CSc1nc2cnccc2[nH]1. The lowest BCUT2D eigenvalue weighted by Crippen LogP contribution is -2.14. The van der Waals surface area contributed by atoms with Gasteiger partial charge in [0.2, 0.25) is 5.91 Å². The van der Waals surface area contributed by atoms with E-state index < -0.39 is 0 Å². The fourth-order valence-corrected chi connectivity index (χ4v) is 2.62. The Kier molecular flexibility index (Phi) is 3.87. The first-order valence-corrected chi connectivity index (χ1v) is 7.49. The van der Waals surface area contributed by atoms with Crippen molar-refractivity contribution in [1.82, 2.24) is 15.0 Å². The molecule has 106 valence electrons. The number of anilines is 1. The normalized spacial score (nSPS) is 10.7. The molecule has 2 heterocycles. The summed E-state index contributed by atoms with van der Waals surface area (Å²) in [6.45, 7) is 1.97. The van der Waals surface area contributed by atoms with Crippen LogP contribution in [-0.4, -0.2) is 26.6 Å². The number of aryl methyl sites for hydroxylation is 1. The van der Waals surface area contributed by atoms with Crippen LogP contribution in [0, 0.1) is 6.92 Å². The van der Waals surface area contributed by atoms with Crippen molar-refractivity contribution in [2.45, 2.75) is 12.1 Å². The molecule has 0 fully saturated rings. The molecule has 0 aliphatic heterocycles. The monoisotopic (exact) mass is 298 g/mol. The molecule has 0 bridgehead atoms. The highest BCUT2D eigenvalue weighted by atomic mass is 32.2. The number of H-pyrrole nitrogens is 1. The Bertz CT molecular complexity index is 751. The van der Waals surface area contributed by atoms with E-state index in [1.165, 1.54) is 11.8 Å². The average Bonchev–Trinajstić information content (AvgIpc) is 2.90. The summed E-state index contributed by atoms with van der Waals surface area (Å²) in [6, 6.07) is 9.57. The number of hydrogen-bond acceptors (Lipinski definition) is 4. The lowest BCUT2D eigenvalue weighted by molar-refractivity contribution is -0.113. The molecular formula is C15H14N4OS. The number of benzene rings is 1. The van der Waals surface area contributed by atoms with E-state index >= 15 is 0 Å². The topological polar surface area (TPSA) is 70.7 Å². The first-order chi connectivity index (χ1) is 10.2. The van der Waals surface area contributed by atoms with E-state index in [9.17, 15) is 4.79 Å². The zero-order valence-electron chi connectivity index (χ0n) is 11.5. The summed E-state index contributed by atoms with van der Waals surface area (Å²) >= 11 is 1.37. The second kappa shape index (κ2) is 5.97. The van der Waals surface area contributed by atoms with Gasteiger partial charge in [0.15, 0.2) is 5.16 Å². The molecule has 6 heteroatoms. The molecule has 3 aromatic rings. The van der Waals surface area contributed by atoms with E-state index in [1.54, 1.807) is 12.4 Å². The van der Waals surface area contributed by atoms with Crippen LogP contribution in [0.15, 0.2) is 47.9 Å². The minimum absolute atomic E-state index is 0.0483. The van der Waals surface area contributed by atoms with Gasteiger partial charge in [-0.15, -0.1) is 0 Å². The summed E-state index contributed by atoms with van der Waals surface area (Å²) in [6.07, 6.45) is 3.41. The van der Waals surface area contributed by atoms with Gasteiger partial charge in [-0.3, -0.25) is 9.78 Å². The van der Waals surface area contributed by atoms with Gasteiger partial charge in [-0.05, 0) is 24.6 Å². The van der Waals surface area contributed by atoms with Crippen molar-refractivity contribution in [3.05, 3.63) is 48.3 Å². The van der Waals surface area contributed by atoms with Gasteiger partial charge in [0.05, 0.1) is 17.5 Å². The van der Waals surface area contributed by atoms with Crippen molar-refractivity contribution in [3.63, 3.8) is 0 Å². The second-order valence-corrected chi connectivity index (χ2v) is 5.55. The highest BCUT2D eigenvalue weighted by Crippen LogP contribution is 2.19. The molecule has 21 heavy (non-hydrogen) atoms. The van der Waals surface area contributed by atoms with Gasteiger partial charge in [0.25, 0.3) is 0 Å². The Hall–Kier alpha value is -2.34. The Morgan fingerprint density at radius 3 is 3.00 bits per heavy atom. The second-order valence-electron chi connectivity index (χ2n) is 4.59. The highest BCUT2D eigenvalue weighted by molar-refractivity contribution is 7.99. The zero-order valence-corrected chi connectivity index (χ0v) is 12.3. The standard InChI is InChI=1S/C15H14N4OS/c1-10-4-2-3-5-11(10)17-14(20)9-21-15-18-12-6-7-16-8-13(12)19-15/h2-8H,9H2,1H3,(H,17,20)(H,18,19). The maximum atomic E-state index is 12.0. The van der Waals surface area contributed by atoms with Gasteiger partial charge in [0, 0.05) is 11.9 Å². The number of fused-ring (bicyclic) bond motifs is 1. The van der Waals surface area contributed by atoms with E-state index in [2.05, 4.69) is 20.3 Å². The predicted octanol–water partition coefficient (Wildman–Crippen LogP) is 3.00. The summed E-state index contributed by atoms with van der Waals surface area (Å²) in [5.74, 6) is 0.259. The molecule has 0 unspecified atom stereocenters. The first-order valence-electron chi connectivity index (χ1n) is 6.50. The molecule has 0 radical (unpaired) electrons. The quantitative estimate of drug-likeness (QED) is 0.726. The van der Waals surface area contributed by atoms with Crippen molar-refractivity contribution in [2.24, 2.45) is 0 Å². The molecule has 0 aliphatic carbocycles. The lowest BCUT2D eigenvalue weighted by Gasteiger charge is -2.06. The van der Waals surface area contributed by atoms with Crippen LogP contribution in [0.25, 0.3) is 11.0 Å². The van der Waals surface area contributed by atoms with Gasteiger partial charge in [-0.25, -0.2) is 4.98 Å². The summed E-state index contributed by atoms with van der Waals surface area (Å²) in [7, 11) is 0. The molecule has 1 amide bonds. The number of carbonyl (C=O) groups excluding carboxylic acids is 1. The van der Waals surface area contributed by atoms with Crippen molar-refractivity contribution in [2.75, 3.05) is 11.1 Å². The van der Waals surface area contributed by atoms with E-state index in [-0.39, 0.29) is 5.91 Å². The van der Waals surface area contributed by atoms with E-state index in [4.69, 9.17) is 0 Å². The lowest BCUT2D eigenvalue weighted by atomic mass is 10.2. The third-order valence-electron chi connectivity index (χ3n) is 3.02. The number of aromatic nitrogens is 3. The predicted molar refractivity (Wildman–Crippen MR) is 84.4 cm³/mol. The Balaban J connectivity index is 1.62. The maximum Gasteiger partial charge on any atom is 0.234 e. The van der Waals surface area contributed by atoms with Crippen LogP contribution in [0.1, 0.15) is 5.56 Å². The number of carbonyl (C=O) groups is 1. The number of imidazole rings is 1. The Labute approximate surface area is 126 Å². The number of rotatable bonds is 4. The summed E-state index contributed by atoms with van der Waals surface area (Å²) in [5, 5.41) is 3.62. The van der Waals surface area contributed by atoms with Crippen LogP contribution < -0.4 is 5.32 Å². The van der Waals surface area contributed by atoms with Gasteiger partial charge >= 0.3 is 0 Å². The number of amides is 1. The number of aromatic amines is 1. The van der Waals surface area contributed by atoms with Crippen molar-refractivity contribution in [3.8, 4) is 0 Å². The molecule has 5 nitrogen and oxygen atoms in total. The van der Waals surface area contributed by atoms with Gasteiger partial charge < -0.3 is 10.3 Å². The van der Waals surface area contributed by atoms with E-state index in [1.807, 2.05) is 37.3 Å².